The molecule has 2 aliphatic rings. The van der Waals surface area contributed by atoms with E-state index in [1.165, 1.54) is 12.8 Å². The molecule has 1 saturated carbocycles. The van der Waals surface area contributed by atoms with Crippen LogP contribution in [0.4, 0.5) is 0 Å². The van der Waals surface area contributed by atoms with Crippen molar-refractivity contribution in [2.45, 2.75) is 39.2 Å². The summed E-state index contributed by atoms with van der Waals surface area (Å²) in [6.07, 6.45) is 3.69. The second kappa shape index (κ2) is 3.54. The van der Waals surface area contributed by atoms with Crippen LogP contribution in [0.5, 0.6) is 0 Å². The molecule has 80 valence electrons. The van der Waals surface area contributed by atoms with E-state index in [9.17, 15) is 4.79 Å². The molecular formula is C11H20N2O. The van der Waals surface area contributed by atoms with E-state index >= 15 is 0 Å². The zero-order chi connectivity index (χ0) is 10.2. The highest BCUT2D eigenvalue weighted by Crippen LogP contribution is 2.27. The Hall–Kier alpha value is -0.570. The maximum Gasteiger partial charge on any atom is 0.228 e. The Balaban J connectivity index is 1.87. The van der Waals surface area contributed by atoms with Gasteiger partial charge in [-0.1, -0.05) is 13.3 Å². The Labute approximate surface area is 85.6 Å². The number of nitrogens with one attached hydrogen (secondary N) is 2. The Morgan fingerprint density at radius 2 is 2.14 bits per heavy atom. The van der Waals surface area contributed by atoms with Crippen molar-refractivity contribution in [1.82, 2.24) is 10.6 Å². The zero-order valence-corrected chi connectivity index (χ0v) is 9.10. The van der Waals surface area contributed by atoms with Gasteiger partial charge in [-0.05, 0) is 25.7 Å². The smallest absolute Gasteiger partial charge is 0.228 e. The third-order valence-electron chi connectivity index (χ3n) is 3.76. The lowest BCUT2D eigenvalue weighted by Gasteiger charge is -2.38. The fourth-order valence-electron chi connectivity index (χ4n) is 2.36. The fraction of sp³-hybridized carbons (Fsp3) is 0.909. The number of carbonyl (C=O) groups is 1. The number of amides is 1. The van der Waals surface area contributed by atoms with E-state index in [-0.39, 0.29) is 11.3 Å². The van der Waals surface area contributed by atoms with Crippen molar-refractivity contribution in [1.29, 1.82) is 0 Å². The van der Waals surface area contributed by atoms with Gasteiger partial charge in [-0.2, -0.15) is 0 Å². The zero-order valence-electron chi connectivity index (χ0n) is 9.10. The molecule has 2 N–H and O–H groups in total. The van der Waals surface area contributed by atoms with E-state index < -0.39 is 0 Å². The van der Waals surface area contributed by atoms with E-state index in [1.54, 1.807) is 0 Å². The van der Waals surface area contributed by atoms with Crippen LogP contribution in [0.2, 0.25) is 0 Å². The van der Waals surface area contributed by atoms with Gasteiger partial charge in [0.05, 0.1) is 5.41 Å². The number of carbonyl (C=O) groups excluding carboxylic acids is 1. The van der Waals surface area contributed by atoms with Crippen molar-refractivity contribution < 1.29 is 4.79 Å². The first-order valence-corrected chi connectivity index (χ1v) is 5.63. The first-order valence-electron chi connectivity index (χ1n) is 5.63. The molecule has 0 aromatic carbocycles. The molecule has 1 heterocycles. The molecule has 1 amide bonds. The van der Waals surface area contributed by atoms with Crippen LogP contribution in [0.1, 0.15) is 33.1 Å². The van der Waals surface area contributed by atoms with Crippen LogP contribution < -0.4 is 10.6 Å². The van der Waals surface area contributed by atoms with Crippen LogP contribution in [-0.2, 0) is 4.79 Å². The molecule has 2 unspecified atom stereocenters. The van der Waals surface area contributed by atoms with E-state index in [0.717, 1.165) is 19.5 Å². The molecule has 0 bridgehead atoms. The highest BCUT2D eigenvalue weighted by molar-refractivity contribution is 5.84. The molecule has 2 fully saturated rings. The molecule has 1 aliphatic carbocycles. The molecular weight excluding hydrogens is 176 g/mol. The molecule has 0 radical (unpaired) electrons. The van der Waals surface area contributed by atoms with Gasteiger partial charge >= 0.3 is 0 Å². The Morgan fingerprint density at radius 3 is 2.57 bits per heavy atom. The van der Waals surface area contributed by atoms with Gasteiger partial charge in [-0.15, -0.1) is 0 Å². The molecule has 0 aromatic heterocycles. The number of rotatable bonds is 2. The van der Waals surface area contributed by atoms with Crippen molar-refractivity contribution >= 4 is 5.91 Å². The molecule has 3 nitrogen and oxygen atoms in total. The average Bonchev–Trinajstić information content (AvgIpc) is 2.48. The van der Waals surface area contributed by atoms with Crippen LogP contribution in [0.25, 0.3) is 0 Å². The minimum absolute atomic E-state index is 0.137. The molecule has 2 rings (SSSR count). The number of hydrogen-bond donors (Lipinski definition) is 2. The van der Waals surface area contributed by atoms with Gasteiger partial charge < -0.3 is 10.6 Å². The van der Waals surface area contributed by atoms with Crippen molar-refractivity contribution in [3.05, 3.63) is 0 Å². The first-order chi connectivity index (χ1) is 6.62. The monoisotopic (exact) mass is 196 g/mol. The number of hydrogen-bond acceptors (Lipinski definition) is 2. The summed E-state index contributed by atoms with van der Waals surface area (Å²) < 4.78 is 0. The summed E-state index contributed by atoms with van der Waals surface area (Å²) in [5.74, 6) is 0.908. The quantitative estimate of drug-likeness (QED) is 0.689. The van der Waals surface area contributed by atoms with Crippen molar-refractivity contribution in [2.24, 2.45) is 11.3 Å². The summed E-state index contributed by atoms with van der Waals surface area (Å²) in [4.78, 5) is 11.9. The SMILES string of the molecule is CC1CCCC1NC(=O)C1(C)CNC1. The highest BCUT2D eigenvalue weighted by Gasteiger charge is 2.40. The van der Waals surface area contributed by atoms with E-state index in [4.69, 9.17) is 0 Å². The second-order valence-corrected chi connectivity index (χ2v) is 5.15. The van der Waals surface area contributed by atoms with E-state index in [2.05, 4.69) is 17.6 Å². The van der Waals surface area contributed by atoms with Crippen LogP contribution in [0.3, 0.4) is 0 Å². The average molecular weight is 196 g/mol. The second-order valence-electron chi connectivity index (χ2n) is 5.15. The molecule has 0 aromatic rings. The van der Waals surface area contributed by atoms with Gasteiger partial charge in [-0.25, -0.2) is 0 Å². The third-order valence-corrected chi connectivity index (χ3v) is 3.76. The predicted molar refractivity (Wildman–Crippen MR) is 55.9 cm³/mol. The summed E-state index contributed by atoms with van der Waals surface area (Å²) in [7, 11) is 0. The Bertz CT molecular complexity index is 235. The highest BCUT2D eigenvalue weighted by atomic mass is 16.2. The Morgan fingerprint density at radius 1 is 1.43 bits per heavy atom. The lowest BCUT2D eigenvalue weighted by atomic mass is 9.83. The van der Waals surface area contributed by atoms with E-state index in [1.807, 2.05) is 6.92 Å². The summed E-state index contributed by atoms with van der Waals surface area (Å²) in [6, 6.07) is 0.430. The molecule has 1 saturated heterocycles. The van der Waals surface area contributed by atoms with Crippen LogP contribution >= 0.6 is 0 Å². The van der Waals surface area contributed by atoms with Gasteiger partial charge in [0, 0.05) is 19.1 Å². The fourth-order valence-corrected chi connectivity index (χ4v) is 2.36. The third kappa shape index (κ3) is 1.65. The molecule has 1 aliphatic heterocycles. The van der Waals surface area contributed by atoms with Gasteiger partial charge in [0.2, 0.25) is 5.91 Å². The topological polar surface area (TPSA) is 41.1 Å². The minimum atomic E-state index is -0.137. The van der Waals surface area contributed by atoms with E-state index in [0.29, 0.717) is 12.0 Å². The molecule has 0 spiro atoms. The normalized spacial score (nSPS) is 35.0. The van der Waals surface area contributed by atoms with Gasteiger partial charge in [0.15, 0.2) is 0 Å². The maximum atomic E-state index is 11.9. The Kier molecular flexibility index (Phi) is 2.52. The standard InChI is InChI=1S/C11H20N2O/c1-8-4-3-5-9(8)13-10(14)11(2)6-12-7-11/h8-9,12H,3-7H2,1-2H3,(H,13,14). The molecule has 14 heavy (non-hydrogen) atoms. The lowest BCUT2D eigenvalue weighted by molar-refractivity contribution is -0.133. The van der Waals surface area contributed by atoms with Crippen molar-refractivity contribution in [3.63, 3.8) is 0 Å². The van der Waals surface area contributed by atoms with Crippen molar-refractivity contribution in [3.8, 4) is 0 Å². The lowest BCUT2D eigenvalue weighted by Crippen LogP contribution is -2.61. The van der Waals surface area contributed by atoms with Gasteiger partial charge in [0.25, 0.3) is 0 Å². The summed E-state index contributed by atoms with van der Waals surface area (Å²) in [5.41, 5.74) is -0.137. The molecule has 3 heteroatoms. The minimum Gasteiger partial charge on any atom is -0.353 e. The van der Waals surface area contributed by atoms with Crippen molar-refractivity contribution in [2.75, 3.05) is 13.1 Å². The summed E-state index contributed by atoms with van der Waals surface area (Å²) in [6.45, 7) is 5.94. The van der Waals surface area contributed by atoms with Crippen LogP contribution in [-0.4, -0.2) is 25.0 Å². The van der Waals surface area contributed by atoms with Gasteiger partial charge in [-0.3, -0.25) is 4.79 Å². The molecule has 2 atom stereocenters. The van der Waals surface area contributed by atoms with Crippen LogP contribution in [0.15, 0.2) is 0 Å². The maximum absolute atomic E-state index is 11.9. The largest absolute Gasteiger partial charge is 0.353 e. The van der Waals surface area contributed by atoms with Crippen LogP contribution in [0, 0.1) is 11.3 Å². The van der Waals surface area contributed by atoms with Gasteiger partial charge in [0.1, 0.15) is 0 Å². The predicted octanol–water partition coefficient (Wildman–Crippen LogP) is 0.901. The summed E-state index contributed by atoms with van der Waals surface area (Å²) >= 11 is 0. The summed E-state index contributed by atoms with van der Waals surface area (Å²) in [5, 5.41) is 6.35. The first kappa shape index (κ1) is 9.97.